The summed E-state index contributed by atoms with van der Waals surface area (Å²) in [5.74, 6) is 1.68. The number of fused-ring (bicyclic) bond motifs is 1. The molecule has 2 aromatic heterocycles. The number of benzene rings is 1. The van der Waals surface area contributed by atoms with Crippen LogP contribution >= 0.6 is 0 Å². The maximum Gasteiger partial charge on any atom is 0.313 e. The minimum absolute atomic E-state index is 0.0535. The van der Waals surface area contributed by atoms with Crippen LogP contribution in [0.4, 0.5) is 6.01 Å². The number of hydrogen-bond acceptors (Lipinski definition) is 8. The quantitative estimate of drug-likeness (QED) is 0.725. The topological polar surface area (TPSA) is 103 Å². The molecule has 0 spiro atoms. The minimum Gasteiger partial charge on any atom is -0.473 e. The van der Waals surface area contributed by atoms with E-state index in [4.69, 9.17) is 14.9 Å². The molecule has 8 nitrogen and oxygen atoms in total. The van der Waals surface area contributed by atoms with Gasteiger partial charge in [0.1, 0.15) is 6.10 Å². The molecular weight excluding hydrogens is 368 g/mol. The fourth-order valence-electron chi connectivity index (χ4n) is 3.95. The van der Waals surface area contributed by atoms with Crippen molar-refractivity contribution in [3.8, 4) is 17.3 Å². The second kappa shape index (κ2) is 7.29. The smallest absolute Gasteiger partial charge is 0.313 e. The molecule has 1 aliphatic heterocycles. The maximum absolute atomic E-state index is 6.14. The molecule has 1 saturated heterocycles. The van der Waals surface area contributed by atoms with Crippen LogP contribution in [0.2, 0.25) is 0 Å². The Labute approximate surface area is 168 Å². The zero-order valence-electron chi connectivity index (χ0n) is 16.2. The highest BCUT2D eigenvalue weighted by Gasteiger charge is 2.22. The van der Waals surface area contributed by atoms with Crippen molar-refractivity contribution in [2.45, 2.75) is 25.4 Å². The van der Waals surface area contributed by atoms with Gasteiger partial charge in [-0.2, -0.15) is 4.98 Å². The van der Waals surface area contributed by atoms with Crippen LogP contribution in [0.3, 0.4) is 0 Å². The fraction of sp³-hybridized carbons (Fsp3) is 0.333. The Balaban J connectivity index is 1.41. The van der Waals surface area contributed by atoms with Crippen molar-refractivity contribution in [2.75, 3.05) is 25.9 Å². The van der Waals surface area contributed by atoms with Crippen molar-refractivity contribution >= 4 is 11.6 Å². The molecule has 3 heterocycles. The first-order valence-corrected chi connectivity index (χ1v) is 9.77. The third-order valence-corrected chi connectivity index (χ3v) is 5.35. The van der Waals surface area contributed by atoms with E-state index in [0.717, 1.165) is 49.1 Å². The lowest BCUT2D eigenvalue weighted by Gasteiger charge is -2.29. The molecule has 2 aliphatic rings. The van der Waals surface area contributed by atoms with Crippen LogP contribution in [0, 0.1) is 0 Å². The normalized spacial score (nSPS) is 19.1. The number of anilines is 1. The van der Waals surface area contributed by atoms with E-state index in [0.29, 0.717) is 17.6 Å². The van der Waals surface area contributed by atoms with Crippen molar-refractivity contribution in [3.05, 3.63) is 53.5 Å². The lowest BCUT2D eigenvalue weighted by Crippen LogP contribution is -2.38. The van der Waals surface area contributed by atoms with E-state index in [-0.39, 0.29) is 12.1 Å². The first kappa shape index (κ1) is 17.8. The minimum atomic E-state index is 0.0535. The van der Waals surface area contributed by atoms with Crippen molar-refractivity contribution in [1.29, 1.82) is 0 Å². The van der Waals surface area contributed by atoms with Crippen LogP contribution in [0.1, 0.15) is 29.8 Å². The number of likely N-dealkylation sites (N-methyl/N-ethyl adjacent to an activating group) is 1. The number of nitrogen functional groups attached to an aromatic ring is 1. The first-order chi connectivity index (χ1) is 14.2. The zero-order chi connectivity index (χ0) is 19.8. The summed E-state index contributed by atoms with van der Waals surface area (Å²) in [6.45, 7) is 2.04. The van der Waals surface area contributed by atoms with E-state index in [1.165, 1.54) is 5.56 Å². The van der Waals surface area contributed by atoms with Crippen LogP contribution in [0.15, 0.2) is 41.0 Å². The van der Waals surface area contributed by atoms with Crippen molar-refractivity contribution in [2.24, 2.45) is 0 Å². The molecule has 8 heteroatoms. The molecule has 3 aromatic rings. The van der Waals surface area contributed by atoms with Crippen LogP contribution in [0.5, 0.6) is 5.88 Å². The van der Waals surface area contributed by atoms with Gasteiger partial charge >= 0.3 is 6.01 Å². The number of aromatic nitrogens is 4. The zero-order valence-corrected chi connectivity index (χ0v) is 16.2. The lowest BCUT2D eigenvalue weighted by molar-refractivity contribution is 0.0998. The van der Waals surface area contributed by atoms with Gasteiger partial charge in [0.2, 0.25) is 11.8 Å². The number of ether oxygens (including phenoxy) is 1. The number of allylic oxidation sites excluding steroid dienone is 1. The SMILES string of the molecule is CN1CCCC(Oc2ccnc(C3=CCc4ccc(-c5nnc(N)o5)cc43)n2)C1. The third kappa shape index (κ3) is 3.58. The van der Waals surface area contributed by atoms with Gasteiger partial charge in [-0.15, -0.1) is 5.10 Å². The number of rotatable bonds is 4. The van der Waals surface area contributed by atoms with E-state index in [2.05, 4.69) is 44.3 Å². The van der Waals surface area contributed by atoms with Crippen LogP contribution < -0.4 is 10.5 Å². The molecule has 0 amide bonds. The Bertz CT molecular complexity index is 1080. The van der Waals surface area contributed by atoms with Crippen molar-refractivity contribution < 1.29 is 9.15 Å². The van der Waals surface area contributed by atoms with Gasteiger partial charge < -0.3 is 19.8 Å². The Morgan fingerprint density at radius 3 is 3.00 bits per heavy atom. The van der Waals surface area contributed by atoms with E-state index in [1.54, 1.807) is 6.20 Å². The Morgan fingerprint density at radius 1 is 1.24 bits per heavy atom. The van der Waals surface area contributed by atoms with Crippen LogP contribution in [0.25, 0.3) is 17.0 Å². The standard InChI is InChI=1S/C21H22N6O2/c1-27-10-2-3-15(12-27)28-18-8-9-23-19(24-18)16-7-6-13-4-5-14(11-17(13)16)20-25-26-21(22)29-20/h4-5,7-9,11,15H,2-3,6,10,12H2,1H3,(H2,22,26). The highest BCUT2D eigenvalue weighted by Crippen LogP contribution is 2.34. The first-order valence-electron chi connectivity index (χ1n) is 9.77. The van der Waals surface area contributed by atoms with Gasteiger partial charge in [0, 0.05) is 29.9 Å². The summed E-state index contributed by atoms with van der Waals surface area (Å²) in [5.41, 5.74) is 9.64. The molecule has 5 rings (SSSR count). The van der Waals surface area contributed by atoms with Gasteiger partial charge in [0.15, 0.2) is 5.82 Å². The summed E-state index contributed by atoms with van der Waals surface area (Å²) in [6, 6.07) is 7.92. The highest BCUT2D eigenvalue weighted by atomic mass is 16.5. The molecule has 0 bridgehead atoms. The highest BCUT2D eigenvalue weighted by molar-refractivity contribution is 5.83. The molecule has 2 N–H and O–H groups in total. The van der Waals surface area contributed by atoms with Gasteiger partial charge in [0.05, 0.1) is 0 Å². The molecule has 29 heavy (non-hydrogen) atoms. The molecule has 1 unspecified atom stereocenters. The number of nitrogens with two attached hydrogens (primary N) is 1. The Morgan fingerprint density at radius 2 is 2.17 bits per heavy atom. The van der Waals surface area contributed by atoms with Gasteiger partial charge in [-0.05, 0) is 56.1 Å². The molecule has 1 fully saturated rings. The fourth-order valence-corrected chi connectivity index (χ4v) is 3.95. The summed E-state index contributed by atoms with van der Waals surface area (Å²) in [4.78, 5) is 11.5. The largest absolute Gasteiger partial charge is 0.473 e. The number of piperidine rings is 1. The summed E-state index contributed by atoms with van der Waals surface area (Å²) in [7, 11) is 2.12. The summed E-state index contributed by atoms with van der Waals surface area (Å²) >= 11 is 0. The van der Waals surface area contributed by atoms with E-state index < -0.39 is 0 Å². The summed E-state index contributed by atoms with van der Waals surface area (Å²) in [5, 5.41) is 7.72. The van der Waals surface area contributed by atoms with E-state index >= 15 is 0 Å². The monoisotopic (exact) mass is 390 g/mol. The molecule has 148 valence electrons. The molecule has 1 atom stereocenters. The molecular formula is C21H22N6O2. The average Bonchev–Trinajstić information content (AvgIpc) is 3.34. The second-order valence-corrected chi connectivity index (χ2v) is 7.50. The predicted octanol–water partition coefficient (Wildman–Crippen LogP) is 2.57. The number of hydrogen-bond donors (Lipinski definition) is 1. The number of nitrogens with zero attached hydrogens (tertiary/aromatic N) is 5. The van der Waals surface area contributed by atoms with E-state index in [9.17, 15) is 0 Å². The van der Waals surface area contributed by atoms with Gasteiger partial charge in [-0.3, -0.25) is 0 Å². The van der Waals surface area contributed by atoms with Gasteiger partial charge in [-0.1, -0.05) is 17.2 Å². The molecule has 1 aromatic carbocycles. The molecule has 0 radical (unpaired) electrons. The van der Waals surface area contributed by atoms with Crippen LogP contribution in [-0.2, 0) is 6.42 Å². The van der Waals surface area contributed by atoms with Gasteiger partial charge in [0.25, 0.3) is 0 Å². The molecule has 0 saturated carbocycles. The Kier molecular flexibility index (Phi) is 4.48. The lowest BCUT2D eigenvalue weighted by atomic mass is 10.0. The average molecular weight is 390 g/mol. The van der Waals surface area contributed by atoms with Crippen LogP contribution in [-0.4, -0.2) is 51.3 Å². The molecule has 1 aliphatic carbocycles. The van der Waals surface area contributed by atoms with Crippen molar-refractivity contribution in [3.63, 3.8) is 0 Å². The maximum atomic E-state index is 6.14. The summed E-state index contributed by atoms with van der Waals surface area (Å²) in [6.07, 6.45) is 7.08. The predicted molar refractivity (Wildman–Crippen MR) is 108 cm³/mol. The second-order valence-electron chi connectivity index (χ2n) is 7.50. The summed E-state index contributed by atoms with van der Waals surface area (Å²) < 4.78 is 11.5. The third-order valence-electron chi connectivity index (χ3n) is 5.35. The van der Waals surface area contributed by atoms with E-state index in [1.807, 2.05) is 18.2 Å². The number of likely N-dealkylation sites (tertiary alicyclic amines) is 1. The van der Waals surface area contributed by atoms with Crippen molar-refractivity contribution in [1.82, 2.24) is 25.1 Å². The Hall–Kier alpha value is -3.26. The van der Waals surface area contributed by atoms with Gasteiger partial charge in [-0.25, -0.2) is 4.98 Å².